The molecule has 0 radical (unpaired) electrons. The molecule has 2 rings (SSSR count). The number of nitrogens with zero attached hydrogens (tertiary/aromatic N) is 2. The lowest BCUT2D eigenvalue weighted by molar-refractivity contribution is 0.326. The van der Waals surface area contributed by atoms with Gasteiger partial charge >= 0.3 is 0 Å². The minimum atomic E-state index is -0.237. The number of nitrogens with one attached hydrogen (secondary N) is 1. The largest absolute Gasteiger partial charge is 0.478 e. The summed E-state index contributed by atoms with van der Waals surface area (Å²) in [7, 11) is 0. The summed E-state index contributed by atoms with van der Waals surface area (Å²) in [6.07, 6.45) is 1.44. The molecule has 0 spiro atoms. The summed E-state index contributed by atoms with van der Waals surface area (Å²) in [5.74, 6) is 0.978. The predicted molar refractivity (Wildman–Crippen MR) is 66.9 cm³/mol. The second-order valence-corrected chi connectivity index (χ2v) is 3.65. The van der Waals surface area contributed by atoms with Crippen LogP contribution in [-0.2, 0) is 6.54 Å². The van der Waals surface area contributed by atoms with Crippen LogP contribution in [0.4, 0.5) is 10.2 Å². The molecule has 5 heteroatoms. The average molecular weight is 247 g/mol. The molecule has 0 saturated carbocycles. The van der Waals surface area contributed by atoms with Gasteiger partial charge < -0.3 is 10.1 Å². The van der Waals surface area contributed by atoms with Crippen LogP contribution in [0, 0.1) is 5.82 Å². The number of rotatable bonds is 5. The number of hydrogen-bond donors (Lipinski definition) is 1. The summed E-state index contributed by atoms with van der Waals surface area (Å²) < 4.78 is 18.0. The molecule has 0 unspecified atom stereocenters. The molecule has 0 fully saturated rings. The minimum absolute atomic E-state index is 0.237. The standard InChI is InChI=1S/C13H14FN3O/c1-2-18-13-7-12(16-9-17-13)15-8-10-3-5-11(14)6-4-10/h3-7,9H,2,8H2,1H3,(H,15,16,17). The third-order valence-corrected chi connectivity index (χ3v) is 2.32. The van der Waals surface area contributed by atoms with Gasteiger partial charge in [-0.15, -0.1) is 0 Å². The first-order valence-electron chi connectivity index (χ1n) is 5.71. The molecule has 0 aliphatic heterocycles. The van der Waals surface area contributed by atoms with Gasteiger partial charge in [-0.05, 0) is 24.6 Å². The van der Waals surface area contributed by atoms with E-state index in [-0.39, 0.29) is 5.82 Å². The van der Waals surface area contributed by atoms with Crippen LogP contribution in [0.2, 0.25) is 0 Å². The Morgan fingerprint density at radius 3 is 2.72 bits per heavy atom. The predicted octanol–water partition coefficient (Wildman–Crippen LogP) is 2.63. The number of hydrogen-bond acceptors (Lipinski definition) is 4. The van der Waals surface area contributed by atoms with E-state index >= 15 is 0 Å². The van der Waals surface area contributed by atoms with Crippen molar-refractivity contribution in [1.82, 2.24) is 9.97 Å². The lowest BCUT2D eigenvalue weighted by atomic mass is 10.2. The van der Waals surface area contributed by atoms with Gasteiger partial charge in [0.1, 0.15) is 18.0 Å². The second-order valence-electron chi connectivity index (χ2n) is 3.65. The number of aromatic nitrogens is 2. The van der Waals surface area contributed by atoms with Crippen LogP contribution in [0.15, 0.2) is 36.7 Å². The molecule has 1 heterocycles. The molecule has 0 saturated heterocycles. The molecule has 1 aromatic carbocycles. The molecule has 0 aliphatic carbocycles. The van der Waals surface area contributed by atoms with E-state index in [2.05, 4.69) is 15.3 Å². The smallest absolute Gasteiger partial charge is 0.218 e. The normalized spacial score (nSPS) is 10.1. The Hall–Kier alpha value is -2.17. The highest BCUT2D eigenvalue weighted by Gasteiger charge is 1.99. The van der Waals surface area contributed by atoms with E-state index < -0.39 is 0 Å². The lowest BCUT2D eigenvalue weighted by Gasteiger charge is -2.07. The fourth-order valence-electron chi connectivity index (χ4n) is 1.46. The molecule has 0 atom stereocenters. The zero-order valence-electron chi connectivity index (χ0n) is 10.1. The van der Waals surface area contributed by atoms with E-state index in [4.69, 9.17) is 4.74 Å². The third kappa shape index (κ3) is 3.41. The maximum atomic E-state index is 12.7. The number of anilines is 1. The summed E-state index contributed by atoms with van der Waals surface area (Å²) in [5, 5.41) is 3.13. The van der Waals surface area contributed by atoms with Gasteiger partial charge in [-0.3, -0.25) is 0 Å². The Kier molecular flexibility index (Phi) is 4.06. The van der Waals surface area contributed by atoms with E-state index in [1.807, 2.05) is 6.92 Å². The van der Waals surface area contributed by atoms with Gasteiger partial charge in [0.2, 0.25) is 5.88 Å². The first kappa shape index (κ1) is 12.3. The summed E-state index contributed by atoms with van der Waals surface area (Å²) in [6.45, 7) is 3.03. The Morgan fingerprint density at radius 1 is 1.22 bits per heavy atom. The fourth-order valence-corrected chi connectivity index (χ4v) is 1.46. The van der Waals surface area contributed by atoms with Crippen molar-refractivity contribution in [3.8, 4) is 5.88 Å². The highest BCUT2D eigenvalue weighted by molar-refractivity contribution is 5.38. The molecule has 0 bridgehead atoms. The summed E-state index contributed by atoms with van der Waals surface area (Å²) >= 11 is 0. The van der Waals surface area contributed by atoms with Crippen molar-refractivity contribution in [1.29, 1.82) is 0 Å². The molecule has 0 aliphatic rings. The van der Waals surface area contributed by atoms with Crippen LogP contribution in [0.5, 0.6) is 5.88 Å². The Labute approximate surface area is 105 Å². The Bertz CT molecular complexity index is 502. The van der Waals surface area contributed by atoms with Crippen LogP contribution >= 0.6 is 0 Å². The quantitative estimate of drug-likeness (QED) is 0.882. The first-order valence-corrected chi connectivity index (χ1v) is 5.71. The van der Waals surface area contributed by atoms with Crippen LogP contribution in [0.3, 0.4) is 0 Å². The molecule has 1 N–H and O–H groups in total. The van der Waals surface area contributed by atoms with Crippen molar-refractivity contribution in [2.45, 2.75) is 13.5 Å². The molecular weight excluding hydrogens is 233 g/mol. The third-order valence-electron chi connectivity index (χ3n) is 2.32. The Morgan fingerprint density at radius 2 is 2.00 bits per heavy atom. The van der Waals surface area contributed by atoms with Gasteiger partial charge in [0.25, 0.3) is 0 Å². The molecular formula is C13H14FN3O. The van der Waals surface area contributed by atoms with Gasteiger partial charge in [-0.1, -0.05) is 12.1 Å². The molecule has 4 nitrogen and oxygen atoms in total. The van der Waals surface area contributed by atoms with Crippen molar-refractivity contribution < 1.29 is 9.13 Å². The van der Waals surface area contributed by atoms with Gasteiger partial charge in [-0.25, -0.2) is 14.4 Å². The number of halogens is 1. The van der Waals surface area contributed by atoms with E-state index in [1.165, 1.54) is 18.5 Å². The highest BCUT2D eigenvalue weighted by atomic mass is 19.1. The zero-order valence-corrected chi connectivity index (χ0v) is 10.1. The summed E-state index contributed by atoms with van der Waals surface area (Å²) in [4.78, 5) is 8.05. The van der Waals surface area contributed by atoms with Crippen LogP contribution in [0.25, 0.3) is 0 Å². The molecule has 94 valence electrons. The topological polar surface area (TPSA) is 47.0 Å². The number of ether oxygens (including phenoxy) is 1. The Balaban J connectivity index is 1.97. The van der Waals surface area contributed by atoms with E-state index in [0.29, 0.717) is 24.8 Å². The maximum absolute atomic E-state index is 12.7. The molecule has 2 aromatic rings. The summed E-state index contributed by atoms with van der Waals surface area (Å²) in [5.41, 5.74) is 0.980. The molecule has 1 aromatic heterocycles. The van der Waals surface area contributed by atoms with Gasteiger partial charge in [0.15, 0.2) is 0 Å². The maximum Gasteiger partial charge on any atom is 0.218 e. The van der Waals surface area contributed by atoms with Crippen molar-refractivity contribution >= 4 is 5.82 Å². The monoisotopic (exact) mass is 247 g/mol. The summed E-state index contributed by atoms with van der Waals surface area (Å²) in [6, 6.07) is 8.05. The van der Waals surface area contributed by atoms with E-state index in [0.717, 1.165) is 5.56 Å². The van der Waals surface area contributed by atoms with Gasteiger partial charge in [0, 0.05) is 12.6 Å². The van der Waals surface area contributed by atoms with Crippen LogP contribution < -0.4 is 10.1 Å². The lowest BCUT2D eigenvalue weighted by Crippen LogP contribution is -2.03. The van der Waals surface area contributed by atoms with Crippen LogP contribution in [-0.4, -0.2) is 16.6 Å². The fraction of sp³-hybridized carbons (Fsp3) is 0.231. The van der Waals surface area contributed by atoms with Crippen molar-refractivity contribution in [3.63, 3.8) is 0 Å². The minimum Gasteiger partial charge on any atom is -0.478 e. The first-order chi connectivity index (χ1) is 8.78. The molecule has 0 amide bonds. The van der Waals surface area contributed by atoms with Crippen LogP contribution in [0.1, 0.15) is 12.5 Å². The molecule has 18 heavy (non-hydrogen) atoms. The average Bonchev–Trinajstić information content (AvgIpc) is 2.39. The van der Waals surface area contributed by atoms with E-state index in [1.54, 1.807) is 18.2 Å². The number of benzene rings is 1. The van der Waals surface area contributed by atoms with Crippen molar-refractivity contribution in [2.75, 3.05) is 11.9 Å². The van der Waals surface area contributed by atoms with Crippen molar-refractivity contribution in [2.24, 2.45) is 0 Å². The second kappa shape index (κ2) is 5.95. The highest BCUT2D eigenvalue weighted by Crippen LogP contribution is 2.12. The zero-order chi connectivity index (χ0) is 12.8. The van der Waals surface area contributed by atoms with Crippen molar-refractivity contribution in [3.05, 3.63) is 48.0 Å². The van der Waals surface area contributed by atoms with Gasteiger partial charge in [0.05, 0.1) is 6.61 Å². The van der Waals surface area contributed by atoms with E-state index in [9.17, 15) is 4.39 Å². The SMILES string of the molecule is CCOc1cc(NCc2ccc(F)cc2)ncn1. The van der Waals surface area contributed by atoms with Gasteiger partial charge in [-0.2, -0.15) is 0 Å².